The van der Waals surface area contributed by atoms with Crippen LogP contribution in [0.4, 0.5) is 0 Å². The number of amides is 2. The molecule has 1 heterocycles. The first-order valence-electron chi connectivity index (χ1n) is 10.2. The predicted molar refractivity (Wildman–Crippen MR) is 119 cm³/mol. The van der Waals surface area contributed by atoms with Gasteiger partial charge >= 0.3 is 0 Å². The molecule has 1 saturated heterocycles. The Morgan fingerprint density at radius 2 is 1.65 bits per heavy atom. The highest BCUT2D eigenvalue weighted by Gasteiger charge is 2.29. The molecule has 3 rings (SSSR count). The third-order valence-electron chi connectivity index (χ3n) is 5.16. The lowest BCUT2D eigenvalue weighted by atomic mass is 10.1. The van der Waals surface area contributed by atoms with E-state index in [1.165, 1.54) is 4.31 Å². The van der Waals surface area contributed by atoms with E-state index in [-0.39, 0.29) is 42.6 Å². The molecule has 0 aliphatic carbocycles. The van der Waals surface area contributed by atoms with Crippen LogP contribution < -0.4 is 5.32 Å². The van der Waals surface area contributed by atoms with Gasteiger partial charge in [-0.2, -0.15) is 4.31 Å². The van der Waals surface area contributed by atoms with E-state index in [0.717, 1.165) is 5.56 Å². The molecule has 2 amide bonds. The number of halogens is 1. The molecular weight excluding hydrogens is 438 g/mol. The maximum atomic E-state index is 12.7. The zero-order chi connectivity index (χ0) is 22.3. The van der Waals surface area contributed by atoms with E-state index in [0.29, 0.717) is 31.1 Å². The molecule has 7 nitrogen and oxygen atoms in total. The van der Waals surface area contributed by atoms with Gasteiger partial charge in [-0.05, 0) is 36.2 Å². The van der Waals surface area contributed by atoms with Gasteiger partial charge in [0, 0.05) is 50.6 Å². The van der Waals surface area contributed by atoms with Gasteiger partial charge in [-0.3, -0.25) is 9.59 Å². The molecule has 1 N–H and O–H groups in total. The smallest absolute Gasteiger partial charge is 0.243 e. The van der Waals surface area contributed by atoms with Crippen LogP contribution in [0.2, 0.25) is 5.02 Å². The third-order valence-corrected chi connectivity index (χ3v) is 7.31. The minimum absolute atomic E-state index is 0.106. The molecule has 0 radical (unpaired) electrons. The average molecular weight is 464 g/mol. The summed E-state index contributed by atoms with van der Waals surface area (Å²) < 4.78 is 26.7. The van der Waals surface area contributed by atoms with Gasteiger partial charge in [-0.1, -0.05) is 41.9 Å². The second-order valence-corrected chi connectivity index (χ2v) is 9.70. The summed E-state index contributed by atoms with van der Waals surface area (Å²) in [5, 5.41) is 3.47. The van der Waals surface area contributed by atoms with Gasteiger partial charge in [0.2, 0.25) is 21.8 Å². The molecule has 1 aliphatic heterocycles. The van der Waals surface area contributed by atoms with Crippen LogP contribution in [0.15, 0.2) is 59.5 Å². The maximum Gasteiger partial charge on any atom is 0.243 e. The highest BCUT2D eigenvalue weighted by molar-refractivity contribution is 7.89. The highest BCUT2D eigenvalue weighted by atomic mass is 35.5. The Labute approximate surface area is 188 Å². The molecule has 1 aliphatic rings. The Morgan fingerprint density at radius 1 is 0.935 bits per heavy atom. The number of rotatable bonds is 8. The SMILES string of the molecule is O=C(CCC(=O)N1CCN(S(=O)(=O)c2ccccc2)CC1)NCCc1cccc(Cl)c1. The van der Waals surface area contributed by atoms with Crippen LogP contribution in [-0.4, -0.2) is 62.2 Å². The number of carbonyl (C=O) groups excluding carboxylic acids is 2. The Hall–Kier alpha value is -2.42. The van der Waals surface area contributed by atoms with Gasteiger partial charge in [0.1, 0.15) is 0 Å². The third kappa shape index (κ3) is 6.53. The fraction of sp³-hybridized carbons (Fsp3) is 0.364. The van der Waals surface area contributed by atoms with Crippen molar-refractivity contribution in [3.8, 4) is 0 Å². The summed E-state index contributed by atoms with van der Waals surface area (Å²) in [4.78, 5) is 26.3. The first-order valence-corrected chi connectivity index (χ1v) is 12.0. The van der Waals surface area contributed by atoms with Crippen molar-refractivity contribution in [1.82, 2.24) is 14.5 Å². The van der Waals surface area contributed by atoms with Crippen LogP contribution in [0.5, 0.6) is 0 Å². The summed E-state index contributed by atoms with van der Waals surface area (Å²) in [7, 11) is -3.55. The van der Waals surface area contributed by atoms with Gasteiger partial charge in [0.15, 0.2) is 0 Å². The van der Waals surface area contributed by atoms with Gasteiger partial charge in [-0.15, -0.1) is 0 Å². The Morgan fingerprint density at radius 3 is 2.32 bits per heavy atom. The van der Waals surface area contributed by atoms with Crippen molar-refractivity contribution in [1.29, 1.82) is 0 Å². The number of piperazine rings is 1. The first kappa shape index (κ1) is 23.2. The molecule has 31 heavy (non-hydrogen) atoms. The Kier molecular flexibility index (Phi) is 8.06. The fourth-order valence-electron chi connectivity index (χ4n) is 3.43. The molecule has 0 bridgehead atoms. The number of nitrogens with zero attached hydrogens (tertiary/aromatic N) is 2. The van der Waals surface area contributed by atoms with E-state index in [2.05, 4.69) is 5.32 Å². The summed E-state index contributed by atoms with van der Waals surface area (Å²) in [6.07, 6.45) is 0.878. The summed E-state index contributed by atoms with van der Waals surface area (Å²) >= 11 is 5.94. The number of sulfonamides is 1. The molecule has 9 heteroatoms. The van der Waals surface area contributed by atoms with Crippen molar-refractivity contribution in [3.63, 3.8) is 0 Å². The Bertz CT molecular complexity index is 1010. The lowest BCUT2D eigenvalue weighted by molar-refractivity contribution is -0.134. The van der Waals surface area contributed by atoms with E-state index in [4.69, 9.17) is 11.6 Å². The molecule has 0 unspecified atom stereocenters. The monoisotopic (exact) mass is 463 g/mol. The molecule has 1 fully saturated rings. The van der Waals surface area contributed by atoms with Crippen molar-refractivity contribution in [2.45, 2.75) is 24.2 Å². The minimum Gasteiger partial charge on any atom is -0.356 e. The minimum atomic E-state index is -3.55. The van der Waals surface area contributed by atoms with Crippen molar-refractivity contribution >= 4 is 33.4 Å². The Balaban J connectivity index is 1.38. The second-order valence-electron chi connectivity index (χ2n) is 7.33. The van der Waals surface area contributed by atoms with E-state index < -0.39 is 10.0 Å². The first-order chi connectivity index (χ1) is 14.9. The molecule has 0 atom stereocenters. The van der Waals surface area contributed by atoms with Crippen molar-refractivity contribution in [2.75, 3.05) is 32.7 Å². The van der Waals surface area contributed by atoms with Crippen LogP contribution in [0, 0.1) is 0 Å². The average Bonchev–Trinajstić information content (AvgIpc) is 2.78. The number of nitrogens with one attached hydrogen (secondary N) is 1. The van der Waals surface area contributed by atoms with E-state index >= 15 is 0 Å². The predicted octanol–water partition coefficient (Wildman–Crippen LogP) is 2.31. The molecule has 0 aromatic heterocycles. The topological polar surface area (TPSA) is 86.8 Å². The van der Waals surface area contributed by atoms with Crippen LogP contribution in [0.3, 0.4) is 0 Å². The van der Waals surface area contributed by atoms with Crippen molar-refractivity contribution < 1.29 is 18.0 Å². The molecule has 2 aromatic rings. The van der Waals surface area contributed by atoms with E-state index in [1.807, 2.05) is 18.2 Å². The molecular formula is C22H26ClN3O4S. The molecule has 2 aromatic carbocycles. The van der Waals surface area contributed by atoms with Gasteiger partial charge in [-0.25, -0.2) is 8.42 Å². The largest absolute Gasteiger partial charge is 0.356 e. The van der Waals surface area contributed by atoms with Gasteiger partial charge in [0.05, 0.1) is 4.90 Å². The van der Waals surface area contributed by atoms with Crippen molar-refractivity contribution in [2.24, 2.45) is 0 Å². The van der Waals surface area contributed by atoms with E-state index in [9.17, 15) is 18.0 Å². The number of benzene rings is 2. The lowest BCUT2D eigenvalue weighted by Gasteiger charge is -2.34. The summed E-state index contributed by atoms with van der Waals surface area (Å²) in [6.45, 7) is 1.61. The summed E-state index contributed by atoms with van der Waals surface area (Å²) in [5.74, 6) is -0.317. The van der Waals surface area contributed by atoms with Crippen LogP contribution in [0.25, 0.3) is 0 Å². The molecule has 0 saturated carbocycles. The molecule has 166 valence electrons. The molecule has 0 spiro atoms. The maximum absolute atomic E-state index is 12.7. The van der Waals surface area contributed by atoms with Crippen LogP contribution >= 0.6 is 11.6 Å². The standard InChI is InChI=1S/C22H26ClN3O4S/c23-19-6-4-5-18(17-19)11-12-24-21(27)9-10-22(28)25-13-15-26(16-14-25)31(29,30)20-7-2-1-3-8-20/h1-8,17H,9-16H2,(H,24,27). The van der Waals surface area contributed by atoms with Crippen molar-refractivity contribution in [3.05, 3.63) is 65.2 Å². The number of carbonyl (C=O) groups is 2. The second kappa shape index (κ2) is 10.7. The van der Waals surface area contributed by atoms with Crippen LogP contribution in [0.1, 0.15) is 18.4 Å². The fourth-order valence-corrected chi connectivity index (χ4v) is 5.08. The lowest BCUT2D eigenvalue weighted by Crippen LogP contribution is -2.50. The zero-order valence-electron chi connectivity index (χ0n) is 17.2. The summed E-state index contributed by atoms with van der Waals surface area (Å²) in [6, 6.07) is 15.7. The highest BCUT2D eigenvalue weighted by Crippen LogP contribution is 2.17. The van der Waals surface area contributed by atoms with E-state index in [1.54, 1.807) is 41.3 Å². The quantitative estimate of drug-likeness (QED) is 0.650. The normalized spacial score (nSPS) is 14.9. The van der Waals surface area contributed by atoms with Crippen LogP contribution in [-0.2, 0) is 26.0 Å². The van der Waals surface area contributed by atoms with Gasteiger partial charge in [0.25, 0.3) is 0 Å². The zero-order valence-corrected chi connectivity index (χ0v) is 18.7. The summed E-state index contributed by atoms with van der Waals surface area (Å²) in [5.41, 5.74) is 1.03. The number of hydrogen-bond donors (Lipinski definition) is 1. The number of hydrogen-bond acceptors (Lipinski definition) is 4. The van der Waals surface area contributed by atoms with Gasteiger partial charge < -0.3 is 10.2 Å².